The van der Waals surface area contributed by atoms with Gasteiger partial charge in [0, 0.05) is 0 Å². The van der Waals surface area contributed by atoms with Crippen molar-refractivity contribution in [3.63, 3.8) is 0 Å². The Hall–Kier alpha value is -0.730. The second-order valence-corrected chi connectivity index (χ2v) is 2.16. The Morgan fingerprint density at radius 3 is 1.40 bits per heavy atom. The first-order valence-corrected chi connectivity index (χ1v) is 3.74. The van der Waals surface area contributed by atoms with Gasteiger partial charge in [-0.25, -0.2) is 0 Å². The molecule has 0 spiro atoms. The van der Waals surface area contributed by atoms with Gasteiger partial charge < -0.3 is 11.5 Å². The first-order chi connectivity index (χ1) is 4.65. The van der Waals surface area contributed by atoms with Crippen molar-refractivity contribution in [3.8, 4) is 0 Å². The summed E-state index contributed by atoms with van der Waals surface area (Å²) < 4.78 is 0. The van der Waals surface area contributed by atoms with E-state index < -0.39 is 0 Å². The molecule has 0 amide bonds. The lowest BCUT2D eigenvalue weighted by Crippen LogP contribution is -2.20. The molecule has 3 heteroatoms. The van der Waals surface area contributed by atoms with Gasteiger partial charge in [-0.2, -0.15) is 0 Å². The number of unbranched alkanes of at least 4 members (excludes halogenated alkanes) is 3. The Morgan fingerprint density at radius 1 is 1.10 bits per heavy atom. The lowest BCUT2D eigenvalue weighted by atomic mass is 10.2. The summed E-state index contributed by atoms with van der Waals surface area (Å²) in [5.41, 5.74) is 8.94. The number of hydrogen-bond donors (Lipinski definition) is 3. The summed E-state index contributed by atoms with van der Waals surface area (Å²) in [6.07, 6.45) is 5.54. The lowest BCUT2D eigenvalue weighted by molar-refractivity contribution is 0.702. The molecular formula is C7H19N3. The van der Waals surface area contributed by atoms with E-state index in [0.29, 0.717) is 0 Å². The largest absolute Gasteiger partial charge is 0.370 e. The summed E-state index contributed by atoms with van der Waals surface area (Å²) in [7, 11) is 0. The van der Waals surface area contributed by atoms with Crippen LogP contribution in [0.3, 0.4) is 0 Å². The average molecular weight is 145 g/mol. The molecule has 0 rings (SSSR count). The average Bonchev–Trinajstić information content (AvgIpc) is 1.82. The van der Waals surface area contributed by atoms with Gasteiger partial charge in [-0.05, 0) is 0 Å². The predicted molar refractivity (Wildman–Crippen MR) is 45.9 cm³/mol. The van der Waals surface area contributed by atoms with E-state index in [-0.39, 0.29) is 5.96 Å². The van der Waals surface area contributed by atoms with Crippen molar-refractivity contribution in [3.05, 3.63) is 0 Å². The third-order valence-electron chi connectivity index (χ3n) is 0.957. The van der Waals surface area contributed by atoms with Gasteiger partial charge in [0.05, 0.1) is 0 Å². The fourth-order valence-electron chi connectivity index (χ4n) is 0.500. The molecule has 0 saturated heterocycles. The van der Waals surface area contributed by atoms with Crippen LogP contribution in [0.1, 0.15) is 39.5 Å². The quantitative estimate of drug-likeness (QED) is 0.319. The van der Waals surface area contributed by atoms with Crippen molar-refractivity contribution in [2.24, 2.45) is 11.5 Å². The van der Waals surface area contributed by atoms with E-state index >= 15 is 0 Å². The number of hydrogen-bond acceptors (Lipinski definition) is 1. The molecule has 0 atom stereocenters. The standard InChI is InChI=1S/C6H14.CH5N3/c1-3-5-6-4-2;2-1(3)4/h3-6H2,1-2H3;(H5,2,3,4). The van der Waals surface area contributed by atoms with Crippen molar-refractivity contribution < 1.29 is 0 Å². The van der Waals surface area contributed by atoms with Crippen LogP contribution in [0.4, 0.5) is 0 Å². The first-order valence-electron chi connectivity index (χ1n) is 3.74. The molecule has 10 heavy (non-hydrogen) atoms. The summed E-state index contributed by atoms with van der Waals surface area (Å²) >= 11 is 0. The molecule has 0 aliphatic rings. The SMILES string of the molecule is CCCCCC.N=C(N)N. The maximum atomic E-state index is 6.06. The summed E-state index contributed by atoms with van der Waals surface area (Å²) in [6, 6.07) is 0. The van der Waals surface area contributed by atoms with Gasteiger partial charge in [0.1, 0.15) is 0 Å². The van der Waals surface area contributed by atoms with Gasteiger partial charge in [-0.1, -0.05) is 39.5 Å². The van der Waals surface area contributed by atoms with Crippen LogP contribution >= 0.6 is 0 Å². The minimum absolute atomic E-state index is 0.333. The highest BCUT2D eigenvalue weighted by molar-refractivity contribution is 5.71. The highest BCUT2D eigenvalue weighted by atomic mass is 14.9. The summed E-state index contributed by atoms with van der Waals surface area (Å²) in [5, 5.41) is 6.06. The third kappa shape index (κ3) is 55.5. The molecule has 0 fully saturated rings. The van der Waals surface area contributed by atoms with Gasteiger partial charge in [0.15, 0.2) is 5.96 Å². The van der Waals surface area contributed by atoms with Gasteiger partial charge in [0.2, 0.25) is 0 Å². The van der Waals surface area contributed by atoms with Crippen LogP contribution in [0, 0.1) is 5.41 Å². The van der Waals surface area contributed by atoms with Crippen LogP contribution in [0.2, 0.25) is 0 Å². The van der Waals surface area contributed by atoms with E-state index in [4.69, 9.17) is 5.41 Å². The molecule has 0 aliphatic carbocycles. The van der Waals surface area contributed by atoms with E-state index in [1.54, 1.807) is 0 Å². The molecule has 0 heterocycles. The van der Waals surface area contributed by atoms with Gasteiger partial charge in [0.25, 0.3) is 0 Å². The van der Waals surface area contributed by atoms with Gasteiger partial charge in [-0.3, -0.25) is 5.41 Å². The van der Waals surface area contributed by atoms with Crippen LogP contribution in [-0.4, -0.2) is 5.96 Å². The molecule has 0 aliphatic heterocycles. The summed E-state index contributed by atoms with van der Waals surface area (Å²) in [6.45, 7) is 4.46. The zero-order valence-electron chi connectivity index (χ0n) is 6.98. The molecule has 0 bridgehead atoms. The molecular weight excluding hydrogens is 126 g/mol. The number of guanidine groups is 1. The van der Waals surface area contributed by atoms with Crippen LogP contribution in [0.5, 0.6) is 0 Å². The van der Waals surface area contributed by atoms with E-state index in [1.165, 1.54) is 25.7 Å². The molecule has 0 aromatic carbocycles. The van der Waals surface area contributed by atoms with E-state index in [1.807, 2.05) is 0 Å². The normalized spacial score (nSPS) is 7.80. The Morgan fingerprint density at radius 2 is 1.30 bits per heavy atom. The summed E-state index contributed by atoms with van der Waals surface area (Å²) in [4.78, 5) is 0. The van der Waals surface area contributed by atoms with Crippen molar-refractivity contribution in [2.75, 3.05) is 0 Å². The minimum atomic E-state index is -0.333. The Kier molecular flexibility index (Phi) is 13.3. The Bertz CT molecular complexity index is 63.3. The molecule has 0 unspecified atom stereocenters. The zero-order chi connectivity index (χ0) is 8.41. The van der Waals surface area contributed by atoms with Crippen molar-refractivity contribution >= 4 is 5.96 Å². The maximum absolute atomic E-state index is 6.06. The maximum Gasteiger partial charge on any atom is 0.183 e. The molecule has 5 N–H and O–H groups in total. The second-order valence-electron chi connectivity index (χ2n) is 2.16. The molecule has 0 radical (unpaired) electrons. The molecule has 0 aromatic heterocycles. The fraction of sp³-hybridized carbons (Fsp3) is 0.857. The summed E-state index contributed by atoms with van der Waals surface area (Å²) in [5.74, 6) is -0.333. The van der Waals surface area contributed by atoms with E-state index in [0.717, 1.165) is 0 Å². The molecule has 0 aromatic rings. The van der Waals surface area contributed by atoms with Crippen molar-refractivity contribution in [2.45, 2.75) is 39.5 Å². The topological polar surface area (TPSA) is 75.9 Å². The zero-order valence-corrected chi connectivity index (χ0v) is 6.98. The van der Waals surface area contributed by atoms with E-state index in [9.17, 15) is 0 Å². The second kappa shape index (κ2) is 11.1. The highest BCUT2D eigenvalue weighted by Gasteiger charge is 1.75. The minimum Gasteiger partial charge on any atom is -0.370 e. The van der Waals surface area contributed by atoms with Crippen LogP contribution in [0.25, 0.3) is 0 Å². The highest BCUT2D eigenvalue weighted by Crippen LogP contribution is 1.95. The monoisotopic (exact) mass is 145 g/mol. The predicted octanol–water partition coefficient (Wildman–Crippen LogP) is 1.43. The molecule has 62 valence electrons. The van der Waals surface area contributed by atoms with Crippen LogP contribution in [0.15, 0.2) is 0 Å². The first kappa shape index (κ1) is 12.0. The smallest absolute Gasteiger partial charge is 0.183 e. The lowest BCUT2D eigenvalue weighted by Gasteiger charge is -1.86. The van der Waals surface area contributed by atoms with Crippen LogP contribution in [-0.2, 0) is 0 Å². The molecule has 3 nitrogen and oxygen atoms in total. The number of rotatable bonds is 3. The number of nitrogens with two attached hydrogens (primary N) is 2. The van der Waals surface area contributed by atoms with Crippen LogP contribution < -0.4 is 11.5 Å². The van der Waals surface area contributed by atoms with Crippen molar-refractivity contribution in [1.82, 2.24) is 0 Å². The molecule has 0 saturated carbocycles. The van der Waals surface area contributed by atoms with Gasteiger partial charge in [-0.15, -0.1) is 0 Å². The number of nitrogens with one attached hydrogen (secondary N) is 1. The Balaban J connectivity index is 0. The van der Waals surface area contributed by atoms with Gasteiger partial charge >= 0.3 is 0 Å². The fourth-order valence-corrected chi connectivity index (χ4v) is 0.500. The Labute approximate surface area is 63.3 Å². The van der Waals surface area contributed by atoms with E-state index in [2.05, 4.69) is 25.3 Å². The third-order valence-corrected chi connectivity index (χ3v) is 0.957. The van der Waals surface area contributed by atoms with Crippen molar-refractivity contribution in [1.29, 1.82) is 5.41 Å².